The highest BCUT2D eigenvalue weighted by Crippen LogP contribution is 2.17. The standard InChI is InChI=1S/C11H18O2/c1-9(2)7-10(12)8-11-5-3-4-6-13-11/h11H,1,3-8H2,2H3. The molecular formula is C11H18O2. The predicted molar refractivity (Wildman–Crippen MR) is 52.6 cm³/mol. The molecular weight excluding hydrogens is 164 g/mol. The van der Waals surface area contributed by atoms with Crippen molar-refractivity contribution >= 4 is 5.78 Å². The third-order valence-corrected chi connectivity index (χ3v) is 2.23. The van der Waals surface area contributed by atoms with Gasteiger partial charge < -0.3 is 4.74 Å². The van der Waals surface area contributed by atoms with E-state index in [1.807, 2.05) is 6.92 Å². The highest BCUT2D eigenvalue weighted by Gasteiger charge is 2.17. The van der Waals surface area contributed by atoms with E-state index in [9.17, 15) is 4.79 Å². The largest absolute Gasteiger partial charge is 0.378 e. The van der Waals surface area contributed by atoms with Crippen LogP contribution < -0.4 is 0 Å². The normalized spacial score (nSPS) is 22.7. The van der Waals surface area contributed by atoms with Gasteiger partial charge in [-0.2, -0.15) is 0 Å². The third kappa shape index (κ3) is 4.23. The number of hydrogen-bond donors (Lipinski definition) is 0. The Kier molecular flexibility index (Phi) is 4.16. The van der Waals surface area contributed by atoms with Gasteiger partial charge in [0.25, 0.3) is 0 Å². The highest BCUT2D eigenvalue weighted by atomic mass is 16.5. The van der Waals surface area contributed by atoms with E-state index in [4.69, 9.17) is 4.74 Å². The molecule has 0 aliphatic carbocycles. The second kappa shape index (κ2) is 5.18. The molecule has 1 fully saturated rings. The van der Waals surface area contributed by atoms with Crippen LogP contribution in [0, 0.1) is 0 Å². The van der Waals surface area contributed by atoms with Gasteiger partial charge in [0, 0.05) is 19.4 Å². The minimum Gasteiger partial charge on any atom is -0.378 e. The molecule has 0 aromatic rings. The molecule has 0 aromatic carbocycles. The second-order valence-electron chi connectivity index (χ2n) is 3.87. The van der Waals surface area contributed by atoms with Crippen molar-refractivity contribution in [1.29, 1.82) is 0 Å². The number of Topliss-reactive ketones (excluding diaryl/α,β-unsaturated/α-hetero) is 1. The zero-order valence-electron chi connectivity index (χ0n) is 8.34. The van der Waals surface area contributed by atoms with Crippen molar-refractivity contribution < 1.29 is 9.53 Å². The van der Waals surface area contributed by atoms with E-state index in [0.29, 0.717) is 12.8 Å². The minimum atomic E-state index is 0.181. The maximum Gasteiger partial charge on any atom is 0.139 e. The van der Waals surface area contributed by atoms with E-state index in [0.717, 1.165) is 25.0 Å². The van der Waals surface area contributed by atoms with Gasteiger partial charge in [0.05, 0.1) is 6.10 Å². The molecule has 2 heteroatoms. The molecule has 13 heavy (non-hydrogen) atoms. The summed E-state index contributed by atoms with van der Waals surface area (Å²) in [7, 11) is 0. The first-order valence-electron chi connectivity index (χ1n) is 4.96. The van der Waals surface area contributed by atoms with Crippen molar-refractivity contribution in [3.05, 3.63) is 12.2 Å². The molecule has 1 saturated heterocycles. The topological polar surface area (TPSA) is 26.3 Å². The number of ether oxygens (including phenoxy) is 1. The molecule has 0 aromatic heterocycles. The smallest absolute Gasteiger partial charge is 0.139 e. The fourth-order valence-corrected chi connectivity index (χ4v) is 1.63. The summed E-state index contributed by atoms with van der Waals surface area (Å²) in [5.74, 6) is 0.263. The van der Waals surface area contributed by atoms with E-state index in [2.05, 4.69) is 6.58 Å². The van der Waals surface area contributed by atoms with Crippen LogP contribution in [-0.2, 0) is 9.53 Å². The maximum absolute atomic E-state index is 11.4. The van der Waals surface area contributed by atoms with E-state index >= 15 is 0 Å². The van der Waals surface area contributed by atoms with Gasteiger partial charge >= 0.3 is 0 Å². The Balaban J connectivity index is 2.22. The Labute approximate surface area is 80.0 Å². The quantitative estimate of drug-likeness (QED) is 0.624. The van der Waals surface area contributed by atoms with Gasteiger partial charge in [-0.25, -0.2) is 0 Å². The van der Waals surface area contributed by atoms with Crippen molar-refractivity contribution in [3.8, 4) is 0 Å². The van der Waals surface area contributed by atoms with Gasteiger partial charge in [-0.15, -0.1) is 0 Å². The van der Waals surface area contributed by atoms with Crippen molar-refractivity contribution in [2.24, 2.45) is 0 Å². The monoisotopic (exact) mass is 182 g/mol. The summed E-state index contributed by atoms with van der Waals surface area (Å²) in [4.78, 5) is 11.4. The lowest BCUT2D eigenvalue weighted by atomic mass is 10.0. The zero-order chi connectivity index (χ0) is 9.68. The third-order valence-electron chi connectivity index (χ3n) is 2.23. The predicted octanol–water partition coefficient (Wildman–Crippen LogP) is 2.48. The molecule has 1 atom stereocenters. The molecule has 0 bridgehead atoms. The van der Waals surface area contributed by atoms with Crippen LogP contribution in [0.2, 0.25) is 0 Å². The molecule has 1 rings (SSSR count). The lowest BCUT2D eigenvalue weighted by Gasteiger charge is -2.21. The van der Waals surface area contributed by atoms with Crippen LogP contribution in [0.25, 0.3) is 0 Å². The number of rotatable bonds is 4. The Morgan fingerprint density at radius 3 is 2.85 bits per heavy atom. The van der Waals surface area contributed by atoms with Crippen molar-refractivity contribution in [1.82, 2.24) is 0 Å². The molecule has 0 radical (unpaired) electrons. The summed E-state index contributed by atoms with van der Waals surface area (Å²) in [6.45, 7) is 6.44. The lowest BCUT2D eigenvalue weighted by Crippen LogP contribution is -2.22. The lowest BCUT2D eigenvalue weighted by molar-refractivity contribution is -0.122. The molecule has 1 aliphatic rings. The van der Waals surface area contributed by atoms with Crippen LogP contribution in [0.15, 0.2) is 12.2 Å². The van der Waals surface area contributed by atoms with Gasteiger partial charge in [0.1, 0.15) is 5.78 Å². The Morgan fingerprint density at radius 2 is 2.31 bits per heavy atom. The summed E-state index contributed by atoms with van der Waals surface area (Å²) in [6.07, 6.45) is 4.66. The molecule has 0 spiro atoms. The molecule has 1 unspecified atom stereocenters. The van der Waals surface area contributed by atoms with Crippen LogP contribution in [0.4, 0.5) is 0 Å². The molecule has 0 N–H and O–H groups in total. The first-order valence-corrected chi connectivity index (χ1v) is 4.96. The average molecular weight is 182 g/mol. The molecule has 0 amide bonds. The SMILES string of the molecule is C=C(C)CC(=O)CC1CCCCO1. The van der Waals surface area contributed by atoms with Crippen LogP contribution in [0.1, 0.15) is 39.0 Å². The first kappa shape index (κ1) is 10.5. The van der Waals surface area contributed by atoms with Gasteiger partial charge in [-0.3, -0.25) is 4.79 Å². The fraction of sp³-hybridized carbons (Fsp3) is 0.727. The van der Waals surface area contributed by atoms with Crippen LogP contribution >= 0.6 is 0 Å². The maximum atomic E-state index is 11.4. The number of ketones is 1. The Morgan fingerprint density at radius 1 is 1.54 bits per heavy atom. The number of carbonyl (C=O) groups is 1. The number of carbonyl (C=O) groups excluding carboxylic acids is 1. The average Bonchev–Trinajstić information content (AvgIpc) is 2.04. The van der Waals surface area contributed by atoms with Gasteiger partial charge in [0.2, 0.25) is 0 Å². The van der Waals surface area contributed by atoms with Gasteiger partial charge in [-0.1, -0.05) is 12.2 Å². The summed E-state index contributed by atoms with van der Waals surface area (Å²) >= 11 is 0. The van der Waals surface area contributed by atoms with E-state index in [1.165, 1.54) is 6.42 Å². The Hall–Kier alpha value is -0.630. The molecule has 74 valence electrons. The van der Waals surface area contributed by atoms with E-state index in [1.54, 1.807) is 0 Å². The van der Waals surface area contributed by atoms with E-state index < -0.39 is 0 Å². The number of hydrogen-bond acceptors (Lipinski definition) is 2. The molecule has 0 saturated carbocycles. The molecule has 1 aliphatic heterocycles. The van der Waals surface area contributed by atoms with Crippen LogP contribution in [-0.4, -0.2) is 18.5 Å². The fourth-order valence-electron chi connectivity index (χ4n) is 1.63. The van der Waals surface area contributed by atoms with Crippen molar-refractivity contribution in [2.75, 3.05) is 6.61 Å². The zero-order valence-corrected chi connectivity index (χ0v) is 8.34. The van der Waals surface area contributed by atoms with Crippen molar-refractivity contribution in [3.63, 3.8) is 0 Å². The van der Waals surface area contributed by atoms with Gasteiger partial charge in [-0.05, 0) is 26.2 Å². The van der Waals surface area contributed by atoms with E-state index in [-0.39, 0.29) is 11.9 Å². The summed E-state index contributed by atoms with van der Waals surface area (Å²) in [6, 6.07) is 0. The molecule has 1 heterocycles. The first-order chi connectivity index (χ1) is 6.18. The summed E-state index contributed by atoms with van der Waals surface area (Å²) in [5, 5.41) is 0. The summed E-state index contributed by atoms with van der Waals surface area (Å²) in [5.41, 5.74) is 0.945. The van der Waals surface area contributed by atoms with Crippen molar-refractivity contribution in [2.45, 2.75) is 45.1 Å². The number of allylic oxidation sites excluding steroid dienone is 1. The molecule has 2 nitrogen and oxygen atoms in total. The van der Waals surface area contributed by atoms with Crippen LogP contribution in [0.5, 0.6) is 0 Å². The van der Waals surface area contributed by atoms with Gasteiger partial charge in [0.15, 0.2) is 0 Å². The minimum absolute atomic E-state index is 0.181. The second-order valence-corrected chi connectivity index (χ2v) is 3.87. The van der Waals surface area contributed by atoms with Crippen LogP contribution in [0.3, 0.4) is 0 Å². The highest BCUT2D eigenvalue weighted by molar-refractivity contribution is 5.81. The summed E-state index contributed by atoms with van der Waals surface area (Å²) < 4.78 is 5.48. The Bertz CT molecular complexity index is 190.